The maximum atomic E-state index is 12.2. The van der Waals surface area contributed by atoms with Gasteiger partial charge in [0, 0.05) is 17.2 Å². The van der Waals surface area contributed by atoms with Crippen molar-refractivity contribution in [3.63, 3.8) is 0 Å². The number of hydrogen-bond acceptors (Lipinski definition) is 3. The molecule has 19 heavy (non-hydrogen) atoms. The minimum atomic E-state index is -0.552. The summed E-state index contributed by atoms with van der Waals surface area (Å²) in [5.74, 6) is -0.818. The Bertz CT molecular complexity index is 633. The Morgan fingerprint density at radius 3 is 2.89 bits per heavy atom. The second-order valence-electron chi connectivity index (χ2n) is 3.81. The fourth-order valence-corrected chi connectivity index (χ4v) is 2.95. The molecule has 0 spiro atoms. The number of thiophene rings is 1. The van der Waals surface area contributed by atoms with Crippen molar-refractivity contribution in [1.29, 1.82) is 0 Å². The fraction of sp³-hybridized carbons (Fsp3) is 0.167. The van der Waals surface area contributed by atoms with E-state index < -0.39 is 5.91 Å². The highest BCUT2D eigenvalue weighted by molar-refractivity contribution is 9.10. The number of hydrogen-bond donors (Lipinski definition) is 2. The number of amides is 2. The molecule has 0 aromatic carbocycles. The van der Waals surface area contributed by atoms with Crippen LogP contribution in [0.3, 0.4) is 0 Å². The summed E-state index contributed by atoms with van der Waals surface area (Å²) < 4.78 is 2.65. The van der Waals surface area contributed by atoms with Gasteiger partial charge >= 0.3 is 0 Å². The molecular weight excluding hydrogens is 330 g/mol. The van der Waals surface area contributed by atoms with E-state index in [0.717, 1.165) is 4.47 Å². The third-order valence-electron chi connectivity index (χ3n) is 2.59. The van der Waals surface area contributed by atoms with Crippen LogP contribution in [0.5, 0.6) is 0 Å². The van der Waals surface area contributed by atoms with E-state index in [-0.39, 0.29) is 5.91 Å². The molecule has 0 aliphatic rings. The van der Waals surface area contributed by atoms with Gasteiger partial charge in [0.1, 0.15) is 10.7 Å². The van der Waals surface area contributed by atoms with Crippen molar-refractivity contribution in [3.05, 3.63) is 39.4 Å². The van der Waals surface area contributed by atoms with Gasteiger partial charge in [0.2, 0.25) is 0 Å². The van der Waals surface area contributed by atoms with E-state index >= 15 is 0 Å². The van der Waals surface area contributed by atoms with Crippen molar-refractivity contribution < 1.29 is 9.59 Å². The first kappa shape index (κ1) is 13.8. The number of nitrogens with two attached hydrogens (primary N) is 1. The molecule has 0 saturated carbocycles. The summed E-state index contributed by atoms with van der Waals surface area (Å²) in [6, 6.07) is 3.33. The Labute approximate surface area is 122 Å². The summed E-state index contributed by atoms with van der Waals surface area (Å²) in [5, 5.41) is 4.90. The van der Waals surface area contributed by atoms with Gasteiger partial charge in [-0.15, -0.1) is 11.3 Å². The van der Waals surface area contributed by atoms with E-state index in [0.29, 0.717) is 22.8 Å². The Hall–Kier alpha value is -1.60. The molecule has 0 unspecified atom stereocenters. The van der Waals surface area contributed by atoms with Crippen molar-refractivity contribution in [1.82, 2.24) is 4.57 Å². The lowest BCUT2D eigenvalue weighted by Crippen LogP contribution is -2.18. The molecule has 0 atom stereocenters. The number of carbonyl (C=O) groups is 2. The lowest BCUT2D eigenvalue weighted by atomic mass is 10.3. The van der Waals surface area contributed by atoms with Crippen LogP contribution in [-0.4, -0.2) is 16.4 Å². The Kier molecular flexibility index (Phi) is 4.06. The monoisotopic (exact) mass is 341 g/mol. The molecule has 2 amide bonds. The molecule has 0 saturated heterocycles. The minimum absolute atomic E-state index is 0.266. The number of halogens is 1. The normalized spacial score (nSPS) is 10.4. The van der Waals surface area contributed by atoms with Crippen molar-refractivity contribution in [2.75, 3.05) is 5.32 Å². The van der Waals surface area contributed by atoms with Crippen molar-refractivity contribution in [2.24, 2.45) is 5.73 Å². The molecular formula is C12H12BrN3O2S. The molecule has 2 rings (SSSR count). The van der Waals surface area contributed by atoms with Gasteiger partial charge in [-0.2, -0.15) is 0 Å². The second-order valence-corrected chi connectivity index (χ2v) is 5.64. The van der Waals surface area contributed by atoms with Crippen LogP contribution in [-0.2, 0) is 6.54 Å². The molecule has 0 aliphatic heterocycles. The van der Waals surface area contributed by atoms with Gasteiger partial charge in [-0.05, 0) is 40.4 Å². The molecule has 0 fully saturated rings. The maximum Gasteiger partial charge on any atom is 0.272 e. The van der Waals surface area contributed by atoms with E-state index in [9.17, 15) is 9.59 Å². The van der Waals surface area contributed by atoms with Crippen LogP contribution in [0.1, 0.15) is 27.8 Å². The SMILES string of the molecule is CCn1cc(Br)cc1C(=O)Nc1sccc1C(N)=O. The Balaban J connectivity index is 2.25. The first-order valence-electron chi connectivity index (χ1n) is 5.57. The first-order chi connectivity index (χ1) is 9.02. The lowest BCUT2D eigenvalue weighted by molar-refractivity contribution is 0.100. The number of primary amides is 1. The highest BCUT2D eigenvalue weighted by atomic mass is 79.9. The average Bonchev–Trinajstić information content (AvgIpc) is 2.95. The second kappa shape index (κ2) is 5.58. The highest BCUT2D eigenvalue weighted by Gasteiger charge is 2.16. The molecule has 0 radical (unpaired) electrons. The summed E-state index contributed by atoms with van der Waals surface area (Å²) in [7, 11) is 0. The molecule has 100 valence electrons. The Morgan fingerprint density at radius 1 is 1.53 bits per heavy atom. The van der Waals surface area contributed by atoms with E-state index in [1.165, 1.54) is 11.3 Å². The standard InChI is InChI=1S/C12H12BrN3O2S/c1-2-16-6-7(13)5-9(16)11(18)15-12-8(10(14)17)3-4-19-12/h3-6H,2H2,1H3,(H2,14,17)(H,15,18). The van der Waals surface area contributed by atoms with Gasteiger partial charge in [-0.1, -0.05) is 0 Å². The summed E-state index contributed by atoms with van der Waals surface area (Å²) in [4.78, 5) is 23.4. The third kappa shape index (κ3) is 2.87. The largest absolute Gasteiger partial charge is 0.366 e. The van der Waals surface area contributed by atoms with Gasteiger partial charge in [-0.25, -0.2) is 0 Å². The number of nitrogens with one attached hydrogen (secondary N) is 1. The quantitative estimate of drug-likeness (QED) is 0.896. The van der Waals surface area contributed by atoms with Crippen molar-refractivity contribution in [2.45, 2.75) is 13.5 Å². The van der Waals surface area contributed by atoms with Gasteiger partial charge in [0.15, 0.2) is 0 Å². The van der Waals surface area contributed by atoms with Crippen LogP contribution in [0.25, 0.3) is 0 Å². The molecule has 2 heterocycles. The number of anilines is 1. The summed E-state index contributed by atoms with van der Waals surface area (Å²) >= 11 is 4.60. The zero-order valence-corrected chi connectivity index (χ0v) is 12.5. The van der Waals surface area contributed by atoms with Crippen molar-refractivity contribution in [3.8, 4) is 0 Å². The number of rotatable bonds is 4. The number of carbonyl (C=O) groups excluding carboxylic acids is 2. The topological polar surface area (TPSA) is 77.1 Å². The molecule has 0 bridgehead atoms. The summed E-state index contributed by atoms with van der Waals surface area (Å²) in [6.07, 6.45) is 1.83. The molecule has 7 heteroatoms. The molecule has 2 aromatic rings. The van der Waals surface area contributed by atoms with E-state index in [2.05, 4.69) is 21.2 Å². The smallest absolute Gasteiger partial charge is 0.272 e. The van der Waals surface area contributed by atoms with Crippen molar-refractivity contribution >= 4 is 44.1 Å². The summed E-state index contributed by atoms with van der Waals surface area (Å²) in [5.41, 5.74) is 6.09. The van der Waals surface area contributed by atoms with E-state index in [1.54, 1.807) is 17.5 Å². The number of nitrogens with zero attached hydrogens (tertiary/aromatic N) is 1. The third-order valence-corrected chi connectivity index (χ3v) is 3.86. The molecule has 3 N–H and O–H groups in total. The zero-order valence-electron chi connectivity index (χ0n) is 10.1. The van der Waals surface area contributed by atoms with Crippen LogP contribution in [0.2, 0.25) is 0 Å². The van der Waals surface area contributed by atoms with Crippen LogP contribution in [0.15, 0.2) is 28.2 Å². The van der Waals surface area contributed by atoms with E-state index in [4.69, 9.17) is 5.73 Å². The average molecular weight is 342 g/mol. The van der Waals surface area contributed by atoms with Gasteiger partial charge in [-0.3, -0.25) is 9.59 Å². The van der Waals surface area contributed by atoms with Gasteiger partial charge in [0.25, 0.3) is 11.8 Å². The zero-order chi connectivity index (χ0) is 14.0. The maximum absolute atomic E-state index is 12.2. The predicted octanol–water partition coefficient (Wildman–Crippen LogP) is 2.68. The number of aryl methyl sites for hydroxylation is 1. The van der Waals surface area contributed by atoms with Crippen LogP contribution in [0.4, 0.5) is 5.00 Å². The van der Waals surface area contributed by atoms with Gasteiger partial charge in [0.05, 0.1) is 5.56 Å². The van der Waals surface area contributed by atoms with E-state index in [1.807, 2.05) is 17.7 Å². The summed E-state index contributed by atoms with van der Waals surface area (Å²) in [6.45, 7) is 2.63. The van der Waals surface area contributed by atoms with Crippen LogP contribution < -0.4 is 11.1 Å². The van der Waals surface area contributed by atoms with Gasteiger partial charge < -0.3 is 15.6 Å². The minimum Gasteiger partial charge on any atom is -0.366 e. The molecule has 5 nitrogen and oxygen atoms in total. The fourth-order valence-electron chi connectivity index (χ4n) is 1.69. The lowest BCUT2D eigenvalue weighted by Gasteiger charge is -2.07. The van der Waals surface area contributed by atoms with Crippen LogP contribution in [0, 0.1) is 0 Å². The molecule has 2 aromatic heterocycles. The first-order valence-corrected chi connectivity index (χ1v) is 7.24. The number of aromatic nitrogens is 1. The highest BCUT2D eigenvalue weighted by Crippen LogP contribution is 2.24. The predicted molar refractivity (Wildman–Crippen MR) is 78.6 cm³/mol. The molecule has 0 aliphatic carbocycles. The Morgan fingerprint density at radius 2 is 2.26 bits per heavy atom. The van der Waals surface area contributed by atoms with Crippen LogP contribution >= 0.6 is 27.3 Å².